The standard InChI is InChI=1S/C10H18/c1-7-8(2)10-6-4-3-5-9(7)10/h7-10H,3-6H2,1-2H3/t7-,8-,9?,10?/m1/s1. The van der Waals surface area contributed by atoms with Crippen molar-refractivity contribution in [1.82, 2.24) is 0 Å². The van der Waals surface area contributed by atoms with Gasteiger partial charge in [-0.25, -0.2) is 0 Å². The van der Waals surface area contributed by atoms with E-state index in [9.17, 15) is 0 Å². The van der Waals surface area contributed by atoms with Crippen LogP contribution < -0.4 is 0 Å². The van der Waals surface area contributed by atoms with Crippen molar-refractivity contribution in [1.29, 1.82) is 0 Å². The normalized spacial score (nSPS) is 53.4. The fourth-order valence-corrected chi connectivity index (χ4v) is 3.13. The van der Waals surface area contributed by atoms with Gasteiger partial charge in [0.25, 0.3) is 0 Å². The molecule has 2 aliphatic rings. The summed E-state index contributed by atoms with van der Waals surface area (Å²) in [5, 5.41) is 0. The van der Waals surface area contributed by atoms with Crippen LogP contribution in [-0.4, -0.2) is 0 Å². The van der Waals surface area contributed by atoms with Gasteiger partial charge in [-0.1, -0.05) is 26.7 Å². The van der Waals surface area contributed by atoms with E-state index >= 15 is 0 Å². The van der Waals surface area contributed by atoms with Crippen molar-refractivity contribution in [2.45, 2.75) is 39.5 Å². The van der Waals surface area contributed by atoms with Crippen LogP contribution in [0.5, 0.6) is 0 Å². The molecule has 0 aromatic carbocycles. The van der Waals surface area contributed by atoms with Crippen LogP contribution in [0.3, 0.4) is 0 Å². The summed E-state index contributed by atoms with van der Waals surface area (Å²) in [6.45, 7) is 4.88. The van der Waals surface area contributed by atoms with E-state index in [0.29, 0.717) is 0 Å². The molecule has 0 radical (unpaired) electrons. The molecule has 58 valence electrons. The molecule has 0 aromatic rings. The van der Waals surface area contributed by atoms with Gasteiger partial charge < -0.3 is 0 Å². The second-order valence-corrected chi connectivity index (χ2v) is 4.33. The molecule has 4 atom stereocenters. The SMILES string of the molecule is C[C@H]1C2CCCCC2[C@@H]1C. The Hall–Kier alpha value is 0. The van der Waals surface area contributed by atoms with Crippen molar-refractivity contribution in [3.05, 3.63) is 0 Å². The first-order chi connectivity index (χ1) is 4.80. The van der Waals surface area contributed by atoms with E-state index in [0.717, 1.165) is 23.7 Å². The Balaban J connectivity index is 2.00. The zero-order valence-corrected chi connectivity index (χ0v) is 7.14. The summed E-state index contributed by atoms with van der Waals surface area (Å²) in [7, 11) is 0. The van der Waals surface area contributed by atoms with E-state index in [1.807, 2.05) is 0 Å². The van der Waals surface area contributed by atoms with Crippen LogP contribution in [0.15, 0.2) is 0 Å². The highest BCUT2D eigenvalue weighted by atomic mass is 14.5. The maximum Gasteiger partial charge on any atom is -0.0355 e. The average Bonchev–Trinajstić information content (AvgIpc) is 2.03. The third-order valence-corrected chi connectivity index (χ3v) is 4.05. The van der Waals surface area contributed by atoms with Crippen LogP contribution in [0.4, 0.5) is 0 Å². The highest BCUT2D eigenvalue weighted by molar-refractivity contribution is 4.94. The highest BCUT2D eigenvalue weighted by Crippen LogP contribution is 2.52. The minimum absolute atomic E-state index is 1.05. The van der Waals surface area contributed by atoms with Crippen LogP contribution in [0.2, 0.25) is 0 Å². The van der Waals surface area contributed by atoms with Crippen LogP contribution >= 0.6 is 0 Å². The third kappa shape index (κ3) is 0.741. The molecule has 2 unspecified atom stereocenters. The minimum Gasteiger partial charge on any atom is -0.0620 e. The summed E-state index contributed by atoms with van der Waals surface area (Å²) < 4.78 is 0. The second kappa shape index (κ2) is 2.25. The van der Waals surface area contributed by atoms with Crippen LogP contribution in [0.1, 0.15) is 39.5 Å². The lowest BCUT2D eigenvalue weighted by Gasteiger charge is -2.52. The van der Waals surface area contributed by atoms with Crippen LogP contribution in [0, 0.1) is 23.7 Å². The number of hydrogen-bond acceptors (Lipinski definition) is 0. The lowest BCUT2D eigenvalue weighted by molar-refractivity contribution is -0.0305. The van der Waals surface area contributed by atoms with Gasteiger partial charge in [0.2, 0.25) is 0 Å². The quantitative estimate of drug-likeness (QED) is 0.482. The summed E-state index contributed by atoms with van der Waals surface area (Å²) in [5.74, 6) is 4.35. The maximum absolute atomic E-state index is 2.44. The van der Waals surface area contributed by atoms with Crippen molar-refractivity contribution in [3.63, 3.8) is 0 Å². The molecule has 2 saturated carbocycles. The molecule has 0 amide bonds. The van der Waals surface area contributed by atoms with Gasteiger partial charge in [-0.2, -0.15) is 0 Å². The van der Waals surface area contributed by atoms with Crippen molar-refractivity contribution >= 4 is 0 Å². The van der Waals surface area contributed by atoms with E-state index in [1.54, 1.807) is 0 Å². The molecule has 0 heteroatoms. The third-order valence-electron chi connectivity index (χ3n) is 4.05. The predicted octanol–water partition coefficient (Wildman–Crippen LogP) is 3.08. The zero-order chi connectivity index (χ0) is 7.14. The highest BCUT2D eigenvalue weighted by Gasteiger charge is 2.45. The van der Waals surface area contributed by atoms with E-state index in [-0.39, 0.29) is 0 Å². The molecule has 0 aliphatic heterocycles. The Bertz CT molecular complexity index is 112. The van der Waals surface area contributed by atoms with Gasteiger partial charge in [-0.05, 0) is 36.5 Å². The molecule has 0 spiro atoms. The van der Waals surface area contributed by atoms with Gasteiger partial charge in [0.1, 0.15) is 0 Å². The Labute approximate surface area is 64.0 Å². The topological polar surface area (TPSA) is 0 Å². The van der Waals surface area contributed by atoms with E-state index in [1.165, 1.54) is 25.7 Å². The van der Waals surface area contributed by atoms with Gasteiger partial charge in [0.15, 0.2) is 0 Å². The predicted molar refractivity (Wildman–Crippen MR) is 43.8 cm³/mol. The Kier molecular flexibility index (Phi) is 1.51. The molecule has 2 fully saturated rings. The van der Waals surface area contributed by atoms with Gasteiger partial charge in [0, 0.05) is 0 Å². The van der Waals surface area contributed by atoms with Crippen LogP contribution in [-0.2, 0) is 0 Å². The largest absolute Gasteiger partial charge is 0.0620 e. The van der Waals surface area contributed by atoms with Crippen molar-refractivity contribution in [2.75, 3.05) is 0 Å². The van der Waals surface area contributed by atoms with Crippen molar-refractivity contribution < 1.29 is 0 Å². The van der Waals surface area contributed by atoms with Gasteiger partial charge in [-0.3, -0.25) is 0 Å². The van der Waals surface area contributed by atoms with Crippen molar-refractivity contribution in [2.24, 2.45) is 23.7 Å². The average molecular weight is 138 g/mol. The molecule has 0 aromatic heterocycles. The Morgan fingerprint density at radius 2 is 1.20 bits per heavy atom. The monoisotopic (exact) mass is 138 g/mol. The summed E-state index contributed by atoms with van der Waals surface area (Å²) in [4.78, 5) is 0. The summed E-state index contributed by atoms with van der Waals surface area (Å²) in [6.07, 6.45) is 6.10. The molecule has 0 N–H and O–H groups in total. The summed E-state index contributed by atoms with van der Waals surface area (Å²) in [6, 6.07) is 0. The Morgan fingerprint density at radius 3 is 1.60 bits per heavy atom. The lowest BCUT2D eigenvalue weighted by atomic mass is 9.53. The smallest absolute Gasteiger partial charge is 0.0355 e. The molecular formula is C10H18. The van der Waals surface area contributed by atoms with Gasteiger partial charge in [-0.15, -0.1) is 0 Å². The molecule has 10 heavy (non-hydrogen) atoms. The number of fused-ring (bicyclic) bond motifs is 1. The zero-order valence-electron chi connectivity index (χ0n) is 7.14. The van der Waals surface area contributed by atoms with Crippen LogP contribution in [0.25, 0.3) is 0 Å². The fourth-order valence-electron chi connectivity index (χ4n) is 3.13. The molecule has 0 nitrogen and oxygen atoms in total. The van der Waals surface area contributed by atoms with Crippen molar-refractivity contribution in [3.8, 4) is 0 Å². The minimum atomic E-state index is 1.05. The number of hydrogen-bond donors (Lipinski definition) is 0. The molecule has 0 bridgehead atoms. The van der Waals surface area contributed by atoms with E-state index in [2.05, 4.69) is 13.8 Å². The molecule has 2 aliphatic carbocycles. The molecular weight excluding hydrogens is 120 g/mol. The maximum atomic E-state index is 2.44. The molecule has 2 rings (SSSR count). The summed E-state index contributed by atoms with van der Waals surface area (Å²) >= 11 is 0. The van der Waals surface area contributed by atoms with Gasteiger partial charge >= 0.3 is 0 Å². The first-order valence-electron chi connectivity index (χ1n) is 4.80. The van der Waals surface area contributed by atoms with Gasteiger partial charge in [0.05, 0.1) is 0 Å². The second-order valence-electron chi connectivity index (χ2n) is 4.33. The number of rotatable bonds is 0. The first kappa shape index (κ1) is 6.69. The molecule has 0 saturated heterocycles. The Morgan fingerprint density at radius 1 is 0.800 bits per heavy atom. The summed E-state index contributed by atoms with van der Waals surface area (Å²) in [5.41, 5.74) is 0. The lowest BCUT2D eigenvalue weighted by Crippen LogP contribution is -2.45. The fraction of sp³-hybridized carbons (Fsp3) is 1.00. The van der Waals surface area contributed by atoms with E-state index in [4.69, 9.17) is 0 Å². The molecule has 0 heterocycles. The first-order valence-corrected chi connectivity index (χ1v) is 4.80. The van der Waals surface area contributed by atoms with E-state index < -0.39 is 0 Å².